The molecule has 0 aromatic heterocycles. The number of primary sulfonamides is 1. The molecule has 0 saturated heterocycles. The Balaban J connectivity index is 1.64. The Bertz CT molecular complexity index is 936. The molecule has 0 spiro atoms. The number of amides is 1. The second kappa shape index (κ2) is 8.43. The first-order valence-electron chi connectivity index (χ1n) is 9.48. The molecule has 2 aromatic carbocycles. The first kappa shape index (κ1) is 20.5. The zero-order valence-corrected chi connectivity index (χ0v) is 17.1. The summed E-state index contributed by atoms with van der Waals surface area (Å²) in [4.78, 5) is 14.7. The summed E-state index contributed by atoms with van der Waals surface area (Å²) in [7, 11) is -3.80. The van der Waals surface area contributed by atoms with E-state index in [4.69, 9.17) is 5.14 Å². The summed E-state index contributed by atoms with van der Waals surface area (Å²) < 4.78 is 22.9. The van der Waals surface area contributed by atoms with Gasteiger partial charge in [-0.15, -0.1) is 0 Å². The van der Waals surface area contributed by atoms with Gasteiger partial charge < -0.3 is 5.32 Å². The number of nitrogens with two attached hydrogens (primary N) is 1. The van der Waals surface area contributed by atoms with Crippen molar-refractivity contribution in [2.45, 2.75) is 50.1 Å². The van der Waals surface area contributed by atoms with Crippen molar-refractivity contribution in [3.8, 4) is 0 Å². The number of anilines is 1. The molecule has 6 nitrogen and oxygen atoms in total. The van der Waals surface area contributed by atoms with Crippen LogP contribution in [0, 0.1) is 0 Å². The maximum Gasteiger partial charge on any atom is 0.238 e. The van der Waals surface area contributed by atoms with Crippen molar-refractivity contribution in [2.75, 3.05) is 11.9 Å². The van der Waals surface area contributed by atoms with Crippen LogP contribution in [-0.4, -0.2) is 31.8 Å². The molecule has 28 heavy (non-hydrogen) atoms. The van der Waals surface area contributed by atoms with E-state index in [-0.39, 0.29) is 17.3 Å². The molecule has 3 N–H and O–H groups in total. The van der Waals surface area contributed by atoms with Gasteiger partial charge in [0.1, 0.15) is 0 Å². The van der Waals surface area contributed by atoms with Crippen LogP contribution < -0.4 is 10.5 Å². The lowest BCUT2D eigenvalue weighted by atomic mass is 10.0. The van der Waals surface area contributed by atoms with Crippen molar-refractivity contribution in [3.05, 3.63) is 59.7 Å². The van der Waals surface area contributed by atoms with E-state index in [1.165, 1.54) is 23.3 Å². The number of hydrogen-bond donors (Lipinski definition) is 2. The molecule has 7 heteroatoms. The molecule has 1 saturated carbocycles. The second-order valence-electron chi connectivity index (χ2n) is 7.65. The van der Waals surface area contributed by atoms with Crippen molar-refractivity contribution in [3.63, 3.8) is 0 Å². The van der Waals surface area contributed by atoms with Crippen LogP contribution in [0.5, 0.6) is 0 Å². The van der Waals surface area contributed by atoms with Gasteiger partial charge in [-0.2, -0.15) is 0 Å². The molecule has 0 heterocycles. The lowest BCUT2D eigenvalue weighted by Crippen LogP contribution is -2.34. The summed E-state index contributed by atoms with van der Waals surface area (Å²) in [5.74, 6) is 0.324. The van der Waals surface area contributed by atoms with Crippen LogP contribution in [0.3, 0.4) is 0 Å². The maximum atomic E-state index is 12.5. The van der Waals surface area contributed by atoms with Gasteiger partial charge in [0.2, 0.25) is 15.9 Å². The molecule has 1 amide bonds. The molecule has 1 fully saturated rings. The molecule has 0 unspecified atom stereocenters. The molecule has 0 bridgehead atoms. The van der Waals surface area contributed by atoms with Gasteiger partial charge in [-0.1, -0.05) is 44.2 Å². The normalized spacial score (nSPS) is 14.5. The monoisotopic (exact) mass is 401 g/mol. The lowest BCUT2D eigenvalue weighted by Gasteiger charge is -2.22. The first-order chi connectivity index (χ1) is 13.2. The Morgan fingerprint density at radius 2 is 1.86 bits per heavy atom. The Morgan fingerprint density at radius 1 is 1.18 bits per heavy atom. The predicted octanol–water partition coefficient (Wildman–Crippen LogP) is 3.06. The summed E-state index contributed by atoms with van der Waals surface area (Å²) in [5, 5.41) is 7.93. The average Bonchev–Trinajstić information content (AvgIpc) is 3.46. The zero-order chi connectivity index (χ0) is 20.3. The third-order valence-electron chi connectivity index (χ3n) is 4.89. The largest absolute Gasteiger partial charge is 0.325 e. The maximum absolute atomic E-state index is 12.5. The predicted molar refractivity (Wildman–Crippen MR) is 110 cm³/mol. The molecule has 1 aliphatic carbocycles. The highest BCUT2D eigenvalue weighted by atomic mass is 32.2. The van der Waals surface area contributed by atoms with Crippen LogP contribution in [0.25, 0.3) is 0 Å². The number of sulfonamides is 1. The molecular weight excluding hydrogens is 374 g/mol. The van der Waals surface area contributed by atoms with Crippen LogP contribution in [0.4, 0.5) is 5.69 Å². The number of benzene rings is 2. The van der Waals surface area contributed by atoms with E-state index in [1.54, 1.807) is 12.1 Å². The Hall–Kier alpha value is -2.22. The minimum absolute atomic E-state index is 0.0189. The first-order valence-corrected chi connectivity index (χ1v) is 11.0. The SMILES string of the molecule is CC(C)c1ccc(CN(CC(=O)Nc2cccc(S(N)(=O)=O)c2)C2CC2)cc1. The van der Waals surface area contributed by atoms with Gasteiger partial charge >= 0.3 is 0 Å². The molecule has 0 atom stereocenters. The Morgan fingerprint density at radius 3 is 2.43 bits per heavy atom. The van der Waals surface area contributed by atoms with E-state index in [1.807, 2.05) is 0 Å². The van der Waals surface area contributed by atoms with E-state index >= 15 is 0 Å². The van der Waals surface area contributed by atoms with Crippen LogP contribution in [0.1, 0.15) is 43.7 Å². The van der Waals surface area contributed by atoms with Gasteiger partial charge in [0.15, 0.2) is 0 Å². The third kappa shape index (κ3) is 5.64. The third-order valence-corrected chi connectivity index (χ3v) is 5.80. The highest BCUT2D eigenvalue weighted by Gasteiger charge is 2.30. The Kier molecular flexibility index (Phi) is 6.17. The molecular formula is C21H27N3O3S. The quantitative estimate of drug-likeness (QED) is 0.711. The minimum atomic E-state index is -3.80. The molecule has 150 valence electrons. The number of carbonyl (C=O) groups is 1. The van der Waals surface area contributed by atoms with E-state index < -0.39 is 10.0 Å². The summed E-state index contributed by atoms with van der Waals surface area (Å²) in [6.07, 6.45) is 2.19. The standard InChI is InChI=1S/C21H27N3O3S/c1-15(2)17-8-6-16(7-9-17)13-24(19-10-11-19)14-21(25)23-18-4-3-5-20(12-18)28(22,26)27/h3-9,12,15,19H,10-11,13-14H2,1-2H3,(H,23,25)(H2,22,26,27). The molecule has 1 aliphatic rings. The van der Waals surface area contributed by atoms with Crippen LogP contribution in [-0.2, 0) is 21.4 Å². The van der Waals surface area contributed by atoms with E-state index in [9.17, 15) is 13.2 Å². The highest BCUT2D eigenvalue weighted by molar-refractivity contribution is 7.89. The van der Waals surface area contributed by atoms with Crippen molar-refractivity contribution < 1.29 is 13.2 Å². The van der Waals surface area contributed by atoms with Crippen LogP contribution in [0.2, 0.25) is 0 Å². The summed E-state index contributed by atoms with van der Waals surface area (Å²) >= 11 is 0. The fourth-order valence-corrected chi connectivity index (χ4v) is 3.69. The van der Waals surface area contributed by atoms with Crippen molar-refractivity contribution in [1.29, 1.82) is 0 Å². The fourth-order valence-electron chi connectivity index (χ4n) is 3.13. The van der Waals surface area contributed by atoms with Crippen LogP contribution in [0.15, 0.2) is 53.4 Å². The van der Waals surface area contributed by atoms with Gasteiger partial charge in [-0.25, -0.2) is 13.6 Å². The Labute approximate surface area is 166 Å². The minimum Gasteiger partial charge on any atom is -0.325 e. The molecule has 0 radical (unpaired) electrons. The fraction of sp³-hybridized carbons (Fsp3) is 0.381. The van der Waals surface area contributed by atoms with Gasteiger partial charge in [-0.3, -0.25) is 9.69 Å². The summed E-state index contributed by atoms with van der Waals surface area (Å²) in [5.41, 5.74) is 2.91. The lowest BCUT2D eigenvalue weighted by molar-refractivity contribution is -0.117. The topological polar surface area (TPSA) is 92.5 Å². The van der Waals surface area contributed by atoms with E-state index in [2.05, 4.69) is 48.3 Å². The van der Waals surface area contributed by atoms with Crippen molar-refractivity contribution in [2.24, 2.45) is 5.14 Å². The van der Waals surface area contributed by atoms with Gasteiger partial charge in [0, 0.05) is 18.3 Å². The van der Waals surface area contributed by atoms with E-state index in [0.29, 0.717) is 24.2 Å². The molecule has 0 aliphatic heterocycles. The number of carbonyl (C=O) groups excluding carboxylic acids is 1. The van der Waals surface area contributed by atoms with Crippen LogP contribution >= 0.6 is 0 Å². The molecule has 2 aromatic rings. The average molecular weight is 402 g/mol. The molecule has 3 rings (SSSR count). The number of nitrogens with one attached hydrogen (secondary N) is 1. The number of nitrogens with zero attached hydrogens (tertiary/aromatic N) is 1. The zero-order valence-electron chi connectivity index (χ0n) is 16.3. The number of hydrogen-bond acceptors (Lipinski definition) is 4. The van der Waals surface area contributed by atoms with E-state index in [0.717, 1.165) is 12.8 Å². The van der Waals surface area contributed by atoms with Gasteiger partial charge in [0.25, 0.3) is 0 Å². The second-order valence-corrected chi connectivity index (χ2v) is 9.21. The summed E-state index contributed by atoms with van der Waals surface area (Å²) in [6.45, 7) is 5.31. The van der Waals surface area contributed by atoms with Crippen molar-refractivity contribution in [1.82, 2.24) is 4.90 Å². The van der Waals surface area contributed by atoms with Gasteiger partial charge in [-0.05, 0) is 48.1 Å². The highest BCUT2D eigenvalue weighted by Crippen LogP contribution is 2.28. The van der Waals surface area contributed by atoms with Crippen molar-refractivity contribution >= 4 is 21.6 Å². The van der Waals surface area contributed by atoms with Gasteiger partial charge in [0.05, 0.1) is 11.4 Å². The summed E-state index contributed by atoms with van der Waals surface area (Å²) in [6, 6.07) is 14.9. The number of rotatable bonds is 8. The smallest absolute Gasteiger partial charge is 0.238 e.